The van der Waals surface area contributed by atoms with Crippen molar-refractivity contribution in [2.24, 2.45) is 0 Å². The maximum absolute atomic E-state index is 11.5. The summed E-state index contributed by atoms with van der Waals surface area (Å²) in [5.74, 6) is -1.02. The SMILES string of the molecule is CO[C@@H]1OC[C@@H](OCc2ccccc2)[C@H](OC(C)=O)[C@H]1OC(C)=O. The Kier molecular flexibility index (Phi) is 6.72. The summed E-state index contributed by atoms with van der Waals surface area (Å²) in [5, 5.41) is 0. The molecule has 1 aliphatic heterocycles. The molecular formula is C17H22O7. The highest BCUT2D eigenvalue weighted by Crippen LogP contribution is 2.25. The third-order valence-corrected chi connectivity index (χ3v) is 3.53. The van der Waals surface area contributed by atoms with Crippen LogP contribution >= 0.6 is 0 Å². The van der Waals surface area contributed by atoms with Gasteiger partial charge >= 0.3 is 11.9 Å². The van der Waals surface area contributed by atoms with Gasteiger partial charge in [0.05, 0.1) is 13.2 Å². The minimum atomic E-state index is -0.897. The first-order valence-corrected chi connectivity index (χ1v) is 7.65. The summed E-state index contributed by atoms with van der Waals surface area (Å²) in [6.45, 7) is 3.03. The van der Waals surface area contributed by atoms with Crippen LogP contribution in [0.25, 0.3) is 0 Å². The fourth-order valence-electron chi connectivity index (χ4n) is 2.52. The molecule has 2 rings (SSSR count). The van der Waals surface area contributed by atoms with Crippen LogP contribution < -0.4 is 0 Å². The molecule has 4 atom stereocenters. The van der Waals surface area contributed by atoms with Gasteiger partial charge in [-0.25, -0.2) is 0 Å². The number of ether oxygens (including phenoxy) is 5. The van der Waals surface area contributed by atoms with E-state index in [1.165, 1.54) is 21.0 Å². The molecule has 7 heteroatoms. The lowest BCUT2D eigenvalue weighted by molar-refractivity contribution is -0.279. The quantitative estimate of drug-likeness (QED) is 0.726. The van der Waals surface area contributed by atoms with Gasteiger partial charge in [-0.1, -0.05) is 30.3 Å². The van der Waals surface area contributed by atoms with E-state index in [1.54, 1.807) is 0 Å². The largest absolute Gasteiger partial charge is 0.455 e. The Morgan fingerprint density at radius 3 is 2.29 bits per heavy atom. The normalized spacial score (nSPS) is 26.6. The van der Waals surface area contributed by atoms with Crippen LogP contribution in [-0.2, 0) is 39.9 Å². The van der Waals surface area contributed by atoms with Crippen molar-refractivity contribution in [2.75, 3.05) is 13.7 Å². The molecule has 1 aliphatic rings. The molecule has 1 heterocycles. The van der Waals surface area contributed by atoms with E-state index in [9.17, 15) is 9.59 Å². The fraction of sp³-hybridized carbons (Fsp3) is 0.529. The molecule has 1 aromatic carbocycles. The number of carbonyl (C=O) groups is 2. The Bertz CT molecular complexity index is 545. The van der Waals surface area contributed by atoms with Crippen LogP contribution in [0.2, 0.25) is 0 Å². The predicted molar refractivity (Wildman–Crippen MR) is 82.9 cm³/mol. The van der Waals surface area contributed by atoms with Gasteiger partial charge in [0.2, 0.25) is 0 Å². The van der Waals surface area contributed by atoms with E-state index in [2.05, 4.69) is 0 Å². The van der Waals surface area contributed by atoms with Crippen LogP contribution in [-0.4, -0.2) is 50.3 Å². The number of esters is 2. The van der Waals surface area contributed by atoms with Gasteiger partial charge in [0.25, 0.3) is 0 Å². The van der Waals surface area contributed by atoms with Crippen molar-refractivity contribution in [3.63, 3.8) is 0 Å². The maximum atomic E-state index is 11.5. The van der Waals surface area contributed by atoms with Crippen molar-refractivity contribution in [1.29, 1.82) is 0 Å². The molecule has 0 amide bonds. The maximum Gasteiger partial charge on any atom is 0.303 e. The standard InChI is InChI=1S/C17H22O7/c1-11(18)23-15-14(21-9-13-7-5-4-6-8-13)10-22-17(20-3)16(15)24-12(2)19/h4-8,14-17H,9-10H2,1-3H3/t14-,15+,16-,17-/m1/s1. The lowest BCUT2D eigenvalue weighted by atomic mass is 10.0. The predicted octanol–water partition coefficient (Wildman–Crippen LogP) is 1.44. The summed E-state index contributed by atoms with van der Waals surface area (Å²) in [4.78, 5) is 22.8. The Hall–Kier alpha value is -1.96. The third-order valence-electron chi connectivity index (χ3n) is 3.53. The van der Waals surface area contributed by atoms with Gasteiger partial charge in [-0.15, -0.1) is 0 Å². The molecule has 0 aliphatic carbocycles. The van der Waals surface area contributed by atoms with E-state index >= 15 is 0 Å². The number of benzene rings is 1. The minimum Gasteiger partial charge on any atom is -0.455 e. The number of hydrogen-bond acceptors (Lipinski definition) is 7. The number of carbonyl (C=O) groups excluding carboxylic acids is 2. The van der Waals surface area contributed by atoms with Gasteiger partial charge in [0.1, 0.15) is 6.10 Å². The zero-order chi connectivity index (χ0) is 17.5. The molecule has 1 fully saturated rings. The highest BCUT2D eigenvalue weighted by molar-refractivity contribution is 5.67. The molecule has 0 saturated carbocycles. The van der Waals surface area contributed by atoms with E-state index in [0.717, 1.165) is 5.56 Å². The van der Waals surface area contributed by atoms with Crippen LogP contribution in [0.4, 0.5) is 0 Å². The molecular weight excluding hydrogens is 316 g/mol. The van der Waals surface area contributed by atoms with Crippen LogP contribution in [0.15, 0.2) is 30.3 Å². The first-order valence-electron chi connectivity index (χ1n) is 7.65. The Labute approximate surface area is 140 Å². The molecule has 24 heavy (non-hydrogen) atoms. The minimum absolute atomic E-state index is 0.154. The number of hydrogen-bond donors (Lipinski definition) is 0. The summed E-state index contributed by atoms with van der Waals surface area (Å²) >= 11 is 0. The molecule has 1 aromatic rings. The lowest BCUT2D eigenvalue weighted by Crippen LogP contribution is -2.57. The summed E-state index contributed by atoms with van der Waals surface area (Å²) in [7, 11) is 1.43. The van der Waals surface area contributed by atoms with E-state index in [4.69, 9.17) is 23.7 Å². The van der Waals surface area contributed by atoms with E-state index in [1.807, 2.05) is 30.3 Å². The summed E-state index contributed by atoms with van der Waals surface area (Å²) in [6, 6.07) is 9.57. The smallest absolute Gasteiger partial charge is 0.303 e. The molecule has 0 bridgehead atoms. The Balaban J connectivity index is 2.11. The van der Waals surface area contributed by atoms with Crippen molar-refractivity contribution < 1.29 is 33.3 Å². The number of methoxy groups -OCH3 is 1. The fourth-order valence-corrected chi connectivity index (χ4v) is 2.52. The second kappa shape index (κ2) is 8.77. The van der Waals surface area contributed by atoms with Gasteiger partial charge in [0, 0.05) is 21.0 Å². The van der Waals surface area contributed by atoms with Gasteiger partial charge in [-0.2, -0.15) is 0 Å². The van der Waals surface area contributed by atoms with Crippen molar-refractivity contribution in [3.05, 3.63) is 35.9 Å². The van der Waals surface area contributed by atoms with Crippen LogP contribution in [0.3, 0.4) is 0 Å². The summed E-state index contributed by atoms with van der Waals surface area (Å²) < 4.78 is 27.1. The highest BCUT2D eigenvalue weighted by Gasteiger charge is 2.46. The van der Waals surface area contributed by atoms with Crippen LogP contribution in [0, 0.1) is 0 Å². The van der Waals surface area contributed by atoms with Crippen molar-refractivity contribution in [2.45, 2.75) is 45.1 Å². The Morgan fingerprint density at radius 1 is 1.08 bits per heavy atom. The first kappa shape index (κ1) is 18.4. The zero-order valence-electron chi connectivity index (χ0n) is 14.0. The Morgan fingerprint density at radius 2 is 1.71 bits per heavy atom. The van der Waals surface area contributed by atoms with Gasteiger partial charge in [-0.05, 0) is 5.56 Å². The van der Waals surface area contributed by atoms with Gasteiger partial charge in [-0.3, -0.25) is 9.59 Å². The molecule has 0 aromatic heterocycles. The van der Waals surface area contributed by atoms with Crippen molar-refractivity contribution >= 4 is 11.9 Å². The molecule has 0 radical (unpaired) electrons. The average Bonchev–Trinajstić information content (AvgIpc) is 2.55. The highest BCUT2D eigenvalue weighted by atomic mass is 16.7. The summed E-state index contributed by atoms with van der Waals surface area (Å²) in [5.41, 5.74) is 0.969. The molecule has 132 valence electrons. The van der Waals surface area contributed by atoms with Gasteiger partial charge < -0.3 is 23.7 Å². The summed E-state index contributed by atoms with van der Waals surface area (Å²) in [6.07, 6.45) is -3.11. The molecule has 1 saturated heterocycles. The van der Waals surface area contributed by atoms with E-state index < -0.39 is 36.5 Å². The van der Waals surface area contributed by atoms with E-state index in [0.29, 0.717) is 6.61 Å². The molecule has 0 spiro atoms. The first-order chi connectivity index (χ1) is 11.5. The van der Waals surface area contributed by atoms with Gasteiger partial charge in [0.15, 0.2) is 18.5 Å². The van der Waals surface area contributed by atoms with Crippen molar-refractivity contribution in [3.8, 4) is 0 Å². The molecule has 7 nitrogen and oxygen atoms in total. The van der Waals surface area contributed by atoms with Crippen molar-refractivity contribution in [1.82, 2.24) is 0 Å². The molecule has 0 N–H and O–H groups in total. The van der Waals surface area contributed by atoms with E-state index in [-0.39, 0.29) is 6.61 Å². The second-order valence-electron chi connectivity index (χ2n) is 5.42. The number of rotatable bonds is 6. The average molecular weight is 338 g/mol. The van der Waals surface area contributed by atoms with Crippen LogP contribution in [0.5, 0.6) is 0 Å². The monoisotopic (exact) mass is 338 g/mol. The van der Waals surface area contributed by atoms with Crippen LogP contribution in [0.1, 0.15) is 19.4 Å². The lowest BCUT2D eigenvalue weighted by Gasteiger charge is -2.40. The zero-order valence-corrected chi connectivity index (χ0v) is 14.0. The topological polar surface area (TPSA) is 80.3 Å². The molecule has 0 unspecified atom stereocenters. The third kappa shape index (κ3) is 5.02. The second-order valence-corrected chi connectivity index (χ2v) is 5.42.